The number of anilines is 1. The SMILES string of the molecule is CC(OP(=O)(O)O)n1ncc(C(=O)Nc2ccc(Cl)cc2Cl)n1. The van der Waals surface area contributed by atoms with Crippen molar-refractivity contribution < 1.29 is 23.7 Å². The number of nitrogens with one attached hydrogen (secondary N) is 1. The van der Waals surface area contributed by atoms with Gasteiger partial charge in [0.2, 0.25) is 0 Å². The van der Waals surface area contributed by atoms with Crippen molar-refractivity contribution in [3.8, 4) is 0 Å². The zero-order chi connectivity index (χ0) is 17.2. The summed E-state index contributed by atoms with van der Waals surface area (Å²) in [5, 5.41) is 10.7. The normalized spacial score (nSPS) is 12.9. The first kappa shape index (κ1) is 17.9. The molecule has 1 aromatic heterocycles. The first-order valence-corrected chi connectivity index (χ1v) is 8.36. The molecule has 12 heteroatoms. The summed E-state index contributed by atoms with van der Waals surface area (Å²) in [5.41, 5.74) is 0.243. The number of halogens is 2. The zero-order valence-electron chi connectivity index (χ0n) is 11.6. The van der Waals surface area contributed by atoms with Gasteiger partial charge in [0.05, 0.1) is 16.9 Å². The fourth-order valence-corrected chi connectivity index (χ4v) is 2.51. The second-order valence-corrected chi connectivity index (χ2v) is 6.36. The number of phosphoric acid groups is 1. The Morgan fingerprint density at radius 2 is 2.13 bits per heavy atom. The number of rotatable bonds is 5. The highest BCUT2D eigenvalue weighted by atomic mass is 35.5. The van der Waals surface area contributed by atoms with Gasteiger partial charge in [-0.3, -0.25) is 9.32 Å². The van der Waals surface area contributed by atoms with Gasteiger partial charge in [-0.15, -0.1) is 5.10 Å². The molecule has 3 N–H and O–H groups in total. The predicted octanol–water partition coefficient (Wildman–Crippen LogP) is 2.47. The van der Waals surface area contributed by atoms with Gasteiger partial charge < -0.3 is 15.1 Å². The van der Waals surface area contributed by atoms with Crippen LogP contribution in [0.25, 0.3) is 0 Å². The van der Waals surface area contributed by atoms with Gasteiger partial charge in [0.1, 0.15) is 0 Å². The van der Waals surface area contributed by atoms with E-state index in [2.05, 4.69) is 20.0 Å². The van der Waals surface area contributed by atoms with Crippen LogP contribution in [-0.2, 0) is 9.09 Å². The highest BCUT2D eigenvalue weighted by Crippen LogP contribution is 2.39. The molecule has 0 saturated heterocycles. The van der Waals surface area contributed by atoms with Crippen molar-refractivity contribution in [1.29, 1.82) is 0 Å². The number of benzene rings is 1. The lowest BCUT2D eigenvalue weighted by Gasteiger charge is -2.12. The number of aromatic nitrogens is 3. The average molecular weight is 381 g/mol. The number of phosphoric ester groups is 1. The summed E-state index contributed by atoms with van der Waals surface area (Å²) in [6.07, 6.45) is -0.0323. The molecule has 0 spiro atoms. The first-order chi connectivity index (χ1) is 10.7. The van der Waals surface area contributed by atoms with Crippen molar-refractivity contribution in [2.75, 3.05) is 5.32 Å². The fraction of sp³-hybridized carbons (Fsp3) is 0.182. The summed E-state index contributed by atoms with van der Waals surface area (Å²) in [5.74, 6) is -0.608. The molecule has 0 aliphatic rings. The molecule has 1 amide bonds. The molecule has 9 nitrogen and oxygen atoms in total. The Labute approximate surface area is 140 Å². The van der Waals surface area contributed by atoms with Gasteiger partial charge >= 0.3 is 7.82 Å². The molecule has 1 heterocycles. The third kappa shape index (κ3) is 5.00. The monoisotopic (exact) mass is 380 g/mol. The minimum Gasteiger partial charge on any atom is -0.319 e. The molecule has 0 fully saturated rings. The topological polar surface area (TPSA) is 127 Å². The lowest BCUT2D eigenvalue weighted by molar-refractivity contribution is 0.0764. The smallest absolute Gasteiger partial charge is 0.319 e. The van der Waals surface area contributed by atoms with Crippen LogP contribution in [0.2, 0.25) is 10.0 Å². The number of nitrogens with zero attached hydrogens (tertiary/aromatic N) is 3. The second kappa shape index (κ2) is 6.96. The number of hydrogen-bond donors (Lipinski definition) is 3. The average Bonchev–Trinajstić information content (AvgIpc) is 2.90. The summed E-state index contributed by atoms with van der Waals surface area (Å²) in [6.45, 7) is 1.32. The van der Waals surface area contributed by atoms with E-state index < -0.39 is 20.0 Å². The lowest BCUT2D eigenvalue weighted by Crippen LogP contribution is -2.15. The van der Waals surface area contributed by atoms with Gasteiger partial charge in [-0.2, -0.15) is 9.90 Å². The van der Waals surface area contributed by atoms with Crippen molar-refractivity contribution >= 4 is 42.6 Å². The van der Waals surface area contributed by atoms with Crippen LogP contribution >= 0.6 is 31.0 Å². The molecule has 0 radical (unpaired) electrons. The van der Waals surface area contributed by atoms with Crippen LogP contribution < -0.4 is 5.32 Å². The zero-order valence-corrected chi connectivity index (χ0v) is 14.0. The van der Waals surface area contributed by atoms with Gasteiger partial charge in [-0.25, -0.2) is 4.57 Å². The first-order valence-electron chi connectivity index (χ1n) is 6.08. The minimum atomic E-state index is -4.70. The Balaban J connectivity index is 2.10. The van der Waals surface area contributed by atoms with Crippen molar-refractivity contribution in [2.24, 2.45) is 0 Å². The summed E-state index contributed by atoms with van der Waals surface area (Å²) in [4.78, 5) is 30.4. The van der Waals surface area contributed by atoms with Crippen molar-refractivity contribution in [2.45, 2.75) is 13.2 Å². The van der Waals surface area contributed by atoms with Crippen LogP contribution in [-0.4, -0.2) is 30.7 Å². The standard InChI is InChI=1S/C11H11Cl2N4O5P/c1-6(22-23(19,20)21)17-14-5-10(16-17)11(18)15-9-3-2-7(12)4-8(9)13/h2-6H,1H3,(H,15,18)(H2,19,20,21). The van der Waals surface area contributed by atoms with E-state index in [9.17, 15) is 9.36 Å². The molecule has 124 valence electrons. The molecular formula is C11H11Cl2N4O5P. The van der Waals surface area contributed by atoms with Gasteiger partial charge in [-0.1, -0.05) is 23.2 Å². The van der Waals surface area contributed by atoms with E-state index in [1.54, 1.807) is 6.07 Å². The number of carbonyl (C=O) groups excluding carboxylic acids is 1. The molecule has 2 rings (SSSR count). The summed E-state index contributed by atoms with van der Waals surface area (Å²) in [6, 6.07) is 4.54. The van der Waals surface area contributed by atoms with Crippen molar-refractivity contribution in [3.05, 3.63) is 40.1 Å². The van der Waals surface area contributed by atoms with E-state index in [1.165, 1.54) is 19.1 Å². The molecule has 1 unspecified atom stereocenters. The molecule has 1 atom stereocenters. The van der Waals surface area contributed by atoms with Gasteiger partial charge in [0.15, 0.2) is 11.9 Å². The van der Waals surface area contributed by atoms with Crippen molar-refractivity contribution in [3.63, 3.8) is 0 Å². The van der Waals surface area contributed by atoms with Crippen LogP contribution in [0.3, 0.4) is 0 Å². The molecule has 0 aliphatic heterocycles. The Kier molecular flexibility index (Phi) is 5.41. The third-order valence-corrected chi connectivity index (χ3v) is 3.66. The molecule has 0 aliphatic carbocycles. The molecule has 23 heavy (non-hydrogen) atoms. The van der Waals surface area contributed by atoms with Gasteiger partial charge in [0.25, 0.3) is 5.91 Å². The maximum absolute atomic E-state index is 12.1. The van der Waals surface area contributed by atoms with E-state index in [1.807, 2.05) is 0 Å². The second-order valence-electron chi connectivity index (χ2n) is 4.32. The van der Waals surface area contributed by atoms with Gasteiger partial charge in [-0.05, 0) is 25.1 Å². The Bertz CT molecular complexity index is 778. The van der Waals surface area contributed by atoms with E-state index in [0.29, 0.717) is 10.7 Å². The summed E-state index contributed by atoms with van der Waals surface area (Å²) >= 11 is 11.7. The lowest BCUT2D eigenvalue weighted by atomic mass is 10.3. The Morgan fingerprint density at radius 1 is 1.43 bits per heavy atom. The van der Waals surface area contributed by atoms with Gasteiger partial charge in [0, 0.05) is 5.02 Å². The van der Waals surface area contributed by atoms with Crippen LogP contribution in [0.15, 0.2) is 24.4 Å². The van der Waals surface area contributed by atoms with E-state index in [-0.39, 0.29) is 10.7 Å². The molecule has 2 aromatic rings. The van der Waals surface area contributed by atoms with Crippen LogP contribution in [0.4, 0.5) is 5.69 Å². The maximum Gasteiger partial charge on any atom is 0.471 e. The van der Waals surface area contributed by atoms with Crippen LogP contribution in [0.1, 0.15) is 23.6 Å². The largest absolute Gasteiger partial charge is 0.471 e. The number of hydrogen-bond acceptors (Lipinski definition) is 5. The van der Waals surface area contributed by atoms with E-state index >= 15 is 0 Å². The fourth-order valence-electron chi connectivity index (χ4n) is 1.57. The molecule has 1 aromatic carbocycles. The summed E-state index contributed by atoms with van der Waals surface area (Å²) < 4.78 is 15.2. The number of carbonyl (C=O) groups is 1. The van der Waals surface area contributed by atoms with Crippen molar-refractivity contribution in [1.82, 2.24) is 15.0 Å². The highest BCUT2D eigenvalue weighted by molar-refractivity contribution is 7.46. The quantitative estimate of drug-likeness (QED) is 0.679. The Hall–Kier alpha value is -1.48. The predicted molar refractivity (Wildman–Crippen MR) is 82.3 cm³/mol. The molecule has 0 bridgehead atoms. The Morgan fingerprint density at radius 3 is 2.74 bits per heavy atom. The minimum absolute atomic E-state index is 0.0859. The van der Waals surface area contributed by atoms with Crippen LogP contribution in [0.5, 0.6) is 0 Å². The molecule has 0 saturated carbocycles. The van der Waals surface area contributed by atoms with E-state index in [4.69, 9.17) is 33.0 Å². The molecular weight excluding hydrogens is 370 g/mol. The van der Waals surface area contributed by atoms with E-state index in [0.717, 1.165) is 11.0 Å². The highest BCUT2D eigenvalue weighted by Gasteiger charge is 2.22. The number of amides is 1. The summed E-state index contributed by atoms with van der Waals surface area (Å²) in [7, 11) is -4.70. The van der Waals surface area contributed by atoms with Crippen LogP contribution in [0, 0.1) is 0 Å². The third-order valence-electron chi connectivity index (χ3n) is 2.54. The maximum atomic E-state index is 12.1.